The Balaban J connectivity index is 1.71. The molecule has 1 N–H and O–H groups in total. The van der Waals surface area contributed by atoms with Crippen molar-refractivity contribution in [2.45, 2.75) is 18.1 Å². The molecule has 0 saturated carbocycles. The lowest BCUT2D eigenvalue weighted by Gasteiger charge is -2.08. The Bertz CT molecular complexity index is 999. The number of rotatable bonds is 6. The van der Waals surface area contributed by atoms with Crippen LogP contribution < -0.4 is 5.32 Å². The molecule has 1 aromatic heterocycles. The Kier molecular flexibility index (Phi) is 5.76. The second-order valence-electron chi connectivity index (χ2n) is 5.41. The average Bonchev–Trinajstić information content (AvgIpc) is 2.99. The van der Waals surface area contributed by atoms with Gasteiger partial charge in [-0.2, -0.15) is 5.26 Å². The van der Waals surface area contributed by atoms with Crippen LogP contribution in [-0.2, 0) is 11.3 Å². The van der Waals surface area contributed by atoms with Gasteiger partial charge in [0.05, 0.1) is 34.3 Å². The topological polar surface area (TPSA) is 70.7 Å². The number of fused-ring (bicyclic) bond motifs is 1. The molecular weight excluding hydrogens is 375 g/mol. The van der Waals surface area contributed by atoms with Crippen molar-refractivity contribution in [2.24, 2.45) is 0 Å². The van der Waals surface area contributed by atoms with Gasteiger partial charge in [-0.15, -0.1) is 0 Å². The highest BCUT2D eigenvalue weighted by molar-refractivity contribution is 7.99. The minimum Gasteiger partial charge on any atom is -0.325 e. The number of benzene rings is 2. The Morgan fingerprint density at radius 1 is 1.35 bits per heavy atom. The third kappa shape index (κ3) is 4.15. The fraction of sp³-hybridized carbons (Fsp3) is 0.167. The van der Waals surface area contributed by atoms with Crippen LogP contribution in [0.3, 0.4) is 0 Å². The Morgan fingerprint density at radius 2 is 2.15 bits per heavy atom. The third-order valence-electron chi connectivity index (χ3n) is 3.60. The van der Waals surface area contributed by atoms with E-state index in [1.54, 1.807) is 0 Å². The standard InChI is InChI=1S/C18H14ClFN4OS/c19-13-10-12(6-7-14(13)20)22-17(25)11-26-18-23-15-4-1-2-5-16(15)24(18)9-3-8-21/h1-2,4-7,10H,3,9,11H2,(H,22,25). The number of thioether (sulfide) groups is 1. The van der Waals surface area contributed by atoms with Crippen LogP contribution in [0.1, 0.15) is 6.42 Å². The molecule has 1 heterocycles. The number of halogens is 2. The first-order chi connectivity index (χ1) is 12.6. The quantitative estimate of drug-likeness (QED) is 0.632. The van der Waals surface area contributed by atoms with Crippen LogP contribution in [-0.4, -0.2) is 21.2 Å². The van der Waals surface area contributed by atoms with E-state index in [2.05, 4.69) is 16.4 Å². The number of carbonyl (C=O) groups is 1. The van der Waals surface area contributed by atoms with E-state index in [0.717, 1.165) is 11.0 Å². The van der Waals surface area contributed by atoms with E-state index >= 15 is 0 Å². The van der Waals surface area contributed by atoms with Crippen molar-refractivity contribution in [1.29, 1.82) is 5.26 Å². The molecule has 0 atom stereocenters. The number of anilines is 1. The zero-order chi connectivity index (χ0) is 18.5. The lowest BCUT2D eigenvalue weighted by Crippen LogP contribution is -2.14. The summed E-state index contributed by atoms with van der Waals surface area (Å²) in [5.74, 6) is -0.660. The van der Waals surface area contributed by atoms with E-state index < -0.39 is 5.82 Å². The van der Waals surface area contributed by atoms with E-state index in [-0.39, 0.29) is 16.7 Å². The van der Waals surface area contributed by atoms with Gasteiger partial charge in [-0.05, 0) is 30.3 Å². The first-order valence-corrected chi connectivity index (χ1v) is 9.15. The molecule has 2 aromatic carbocycles. The molecule has 1 amide bonds. The Labute approximate surface area is 158 Å². The lowest BCUT2D eigenvalue weighted by molar-refractivity contribution is -0.113. The minimum atomic E-state index is -0.537. The van der Waals surface area contributed by atoms with Crippen LogP contribution in [0.15, 0.2) is 47.6 Å². The normalized spacial score (nSPS) is 10.7. The van der Waals surface area contributed by atoms with Crippen molar-refractivity contribution in [3.05, 3.63) is 53.3 Å². The van der Waals surface area contributed by atoms with Crippen molar-refractivity contribution < 1.29 is 9.18 Å². The highest BCUT2D eigenvalue weighted by Gasteiger charge is 2.13. The smallest absolute Gasteiger partial charge is 0.234 e. The van der Waals surface area contributed by atoms with Crippen LogP contribution in [0.5, 0.6) is 0 Å². The van der Waals surface area contributed by atoms with Crippen molar-refractivity contribution in [3.8, 4) is 6.07 Å². The van der Waals surface area contributed by atoms with Gasteiger partial charge >= 0.3 is 0 Å². The largest absolute Gasteiger partial charge is 0.325 e. The summed E-state index contributed by atoms with van der Waals surface area (Å²) in [7, 11) is 0. The molecule has 26 heavy (non-hydrogen) atoms. The van der Waals surface area contributed by atoms with Crippen molar-refractivity contribution in [3.63, 3.8) is 0 Å². The number of hydrogen-bond acceptors (Lipinski definition) is 4. The summed E-state index contributed by atoms with van der Waals surface area (Å²) < 4.78 is 15.1. The molecular formula is C18H14ClFN4OS. The number of nitrogens with zero attached hydrogens (tertiary/aromatic N) is 3. The molecule has 0 saturated heterocycles. The monoisotopic (exact) mass is 388 g/mol. The number of aryl methyl sites for hydroxylation is 1. The molecule has 5 nitrogen and oxygen atoms in total. The molecule has 0 unspecified atom stereocenters. The van der Waals surface area contributed by atoms with Crippen LogP contribution in [0.4, 0.5) is 10.1 Å². The number of para-hydroxylation sites is 2. The molecule has 0 aliphatic carbocycles. The molecule has 0 aliphatic heterocycles. The summed E-state index contributed by atoms with van der Waals surface area (Å²) in [5.41, 5.74) is 2.18. The van der Waals surface area contributed by atoms with Crippen molar-refractivity contribution >= 4 is 46.0 Å². The van der Waals surface area contributed by atoms with Gasteiger partial charge < -0.3 is 9.88 Å². The van der Waals surface area contributed by atoms with Crippen LogP contribution in [0.2, 0.25) is 5.02 Å². The fourth-order valence-corrected chi connectivity index (χ4v) is 3.46. The maximum absolute atomic E-state index is 13.2. The summed E-state index contributed by atoms with van der Waals surface area (Å²) in [5, 5.41) is 12.2. The molecule has 3 rings (SSSR count). The average molecular weight is 389 g/mol. The molecule has 0 aliphatic rings. The molecule has 0 radical (unpaired) electrons. The highest BCUT2D eigenvalue weighted by Crippen LogP contribution is 2.25. The van der Waals surface area contributed by atoms with Gasteiger partial charge in [0.25, 0.3) is 0 Å². The Morgan fingerprint density at radius 3 is 2.92 bits per heavy atom. The van der Waals surface area contributed by atoms with E-state index in [0.29, 0.717) is 23.8 Å². The molecule has 0 bridgehead atoms. The first-order valence-electron chi connectivity index (χ1n) is 7.78. The van der Waals surface area contributed by atoms with Gasteiger partial charge in [0.1, 0.15) is 5.82 Å². The molecule has 132 valence electrons. The van der Waals surface area contributed by atoms with Crippen molar-refractivity contribution in [1.82, 2.24) is 9.55 Å². The third-order valence-corrected chi connectivity index (χ3v) is 4.87. The van der Waals surface area contributed by atoms with Gasteiger partial charge in [-0.1, -0.05) is 35.5 Å². The number of hydrogen-bond donors (Lipinski definition) is 1. The summed E-state index contributed by atoms with van der Waals surface area (Å²) in [4.78, 5) is 16.7. The predicted molar refractivity (Wildman–Crippen MR) is 101 cm³/mol. The van der Waals surface area contributed by atoms with E-state index in [1.165, 1.54) is 30.0 Å². The number of amides is 1. The summed E-state index contributed by atoms with van der Waals surface area (Å²) in [6.07, 6.45) is 0.355. The lowest BCUT2D eigenvalue weighted by atomic mass is 10.3. The van der Waals surface area contributed by atoms with Gasteiger partial charge in [0, 0.05) is 12.2 Å². The maximum atomic E-state index is 13.2. The van der Waals surface area contributed by atoms with Gasteiger partial charge in [0.2, 0.25) is 5.91 Å². The van der Waals surface area contributed by atoms with E-state index in [9.17, 15) is 9.18 Å². The van der Waals surface area contributed by atoms with Crippen molar-refractivity contribution in [2.75, 3.05) is 11.1 Å². The minimum absolute atomic E-state index is 0.0475. The number of nitrogens with one attached hydrogen (secondary N) is 1. The first kappa shape index (κ1) is 18.2. The van der Waals surface area contributed by atoms with Gasteiger partial charge in [-0.3, -0.25) is 4.79 Å². The van der Waals surface area contributed by atoms with Crippen LogP contribution in [0, 0.1) is 17.1 Å². The second-order valence-corrected chi connectivity index (χ2v) is 6.76. The molecule has 3 aromatic rings. The molecule has 8 heteroatoms. The maximum Gasteiger partial charge on any atom is 0.234 e. The number of imidazole rings is 1. The summed E-state index contributed by atoms with van der Waals surface area (Å²) in [6, 6.07) is 13.8. The van der Waals surface area contributed by atoms with Crippen LogP contribution >= 0.6 is 23.4 Å². The SMILES string of the molecule is N#CCCn1c(SCC(=O)Nc2ccc(F)c(Cl)c2)nc2ccccc21. The number of aromatic nitrogens is 2. The van der Waals surface area contributed by atoms with E-state index in [4.69, 9.17) is 16.9 Å². The fourth-order valence-electron chi connectivity index (χ4n) is 2.44. The van der Waals surface area contributed by atoms with Gasteiger partial charge in [-0.25, -0.2) is 9.37 Å². The zero-order valence-corrected chi connectivity index (χ0v) is 15.1. The van der Waals surface area contributed by atoms with Gasteiger partial charge in [0.15, 0.2) is 5.16 Å². The Hall–Kier alpha value is -2.56. The summed E-state index contributed by atoms with van der Waals surface area (Å²) >= 11 is 6.99. The zero-order valence-electron chi connectivity index (χ0n) is 13.6. The van der Waals surface area contributed by atoms with E-state index in [1.807, 2.05) is 28.8 Å². The van der Waals surface area contributed by atoms with Crippen LogP contribution in [0.25, 0.3) is 11.0 Å². The number of nitriles is 1. The summed E-state index contributed by atoms with van der Waals surface area (Å²) in [6.45, 7) is 0.508. The number of carbonyl (C=O) groups excluding carboxylic acids is 1. The second kappa shape index (κ2) is 8.21. The molecule has 0 fully saturated rings. The highest BCUT2D eigenvalue weighted by atomic mass is 35.5. The molecule has 0 spiro atoms. The predicted octanol–water partition coefficient (Wildman–Crippen LogP) is 4.47.